The van der Waals surface area contributed by atoms with Gasteiger partial charge < -0.3 is 10.6 Å². The molecule has 1 atom stereocenters. The normalized spacial score (nSPS) is 18.2. The standard InChI is InChI=1S/C14H15N3/c1-10-8-11-4-2-3-5-13(11)17(10)14-7-6-12(15)9-16-14/h2-7,9-10H,8,15H2,1H3. The van der Waals surface area contributed by atoms with Crippen molar-refractivity contribution in [3.8, 4) is 0 Å². The number of para-hydroxylation sites is 1. The first-order valence-electron chi connectivity index (χ1n) is 5.84. The molecule has 3 heteroatoms. The first-order chi connectivity index (χ1) is 8.25. The number of anilines is 3. The second-order valence-electron chi connectivity index (χ2n) is 4.50. The van der Waals surface area contributed by atoms with Crippen LogP contribution in [0.3, 0.4) is 0 Å². The highest BCUT2D eigenvalue weighted by atomic mass is 15.2. The molecule has 1 aliphatic heterocycles. The van der Waals surface area contributed by atoms with Crippen molar-refractivity contribution in [2.75, 3.05) is 10.6 Å². The second kappa shape index (κ2) is 3.77. The summed E-state index contributed by atoms with van der Waals surface area (Å²) in [5, 5.41) is 0. The fourth-order valence-corrected chi connectivity index (χ4v) is 2.45. The van der Waals surface area contributed by atoms with Crippen LogP contribution in [-0.2, 0) is 6.42 Å². The van der Waals surface area contributed by atoms with Crippen LogP contribution in [-0.4, -0.2) is 11.0 Å². The van der Waals surface area contributed by atoms with E-state index in [1.165, 1.54) is 11.3 Å². The maximum absolute atomic E-state index is 5.67. The Hall–Kier alpha value is -2.03. The predicted molar refractivity (Wildman–Crippen MR) is 70.4 cm³/mol. The second-order valence-corrected chi connectivity index (χ2v) is 4.50. The lowest BCUT2D eigenvalue weighted by atomic mass is 10.1. The van der Waals surface area contributed by atoms with Gasteiger partial charge in [0.2, 0.25) is 0 Å². The van der Waals surface area contributed by atoms with Gasteiger partial charge in [-0.15, -0.1) is 0 Å². The van der Waals surface area contributed by atoms with E-state index in [0.29, 0.717) is 11.7 Å². The molecule has 3 rings (SSSR count). The largest absolute Gasteiger partial charge is 0.397 e. The number of nitrogens with two attached hydrogens (primary N) is 1. The number of rotatable bonds is 1. The molecule has 2 aromatic rings. The molecular weight excluding hydrogens is 210 g/mol. The fraction of sp³-hybridized carbons (Fsp3) is 0.214. The zero-order chi connectivity index (χ0) is 11.8. The molecule has 0 spiro atoms. The minimum Gasteiger partial charge on any atom is -0.397 e. The Morgan fingerprint density at radius 2 is 2.06 bits per heavy atom. The molecule has 2 heterocycles. The van der Waals surface area contributed by atoms with Gasteiger partial charge in [-0.3, -0.25) is 0 Å². The van der Waals surface area contributed by atoms with Crippen molar-refractivity contribution in [1.82, 2.24) is 4.98 Å². The molecule has 0 aliphatic carbocycles. The van der Waals surface area contributed by atoms with Crippen LogP contribution in [0.25, 0.3) is 0 Å². The third kappa shape index (κ3) is 1.64. The topological polar surface area (TPSA) is 42.1 Å². The molecule has 0 radical (unpaired) electrons. The number of nitrogen functional groups attached to an aromatic ring is 1. The maximum Gasteiger partial charge on any atom is 0.133 e. The van der Waals surface area contributed by atoms with Crippen molar-refractivity contribution in [1.29, 1.82) is 0 Å². The molecule has 17 heavy (non-hydrogen) atoms. The summed E-state index contributed by atoms with van der Waals surface area (Å²) in [6.45, 7) is 2.22. The van der Waals surface area contributed by atoms with Gasteiger partial charge >= 0.3 is 0 Å². The van der Waals surface area contributed by atoms with E-state index in [2.05, 4.69) is 41.1 Å². The summed E-state index contributed by atoms with van der Waals surface area (Å²) in [5.74, 6) is 0.969. The van der Waals surface area contributed by atoms with Gasteiger partial charge in [-0.05, 0) is 37.1 Å². The summed E-state index contributed by atoms with van der Waals surface area (Å²) in [5.41, 5.74) is 9.03. The molecule has 0 bridgehead atoms. The monoisotopic (exact) mass is 225 g/mol. The average molecular weight is 225 g/mol. The van der Waals surface area contributed by atoms with Gasteiger partial charge in [0.15, 0.2) is 0 Å². The van der Waals surface area contributed by atoms with Crippen LogP contribution in [0.5, 0.6) is 0 Å². The SMILES string of the molecule is CC1Cc2ccccc2N1c1ccc(N)cn1. The molecule has 0 saturated carbocycles. The van der Waals surface area contributed by atoms with E-state index in [9.17, 15) is 0 Å². The molecular formula is C14H15N3. The molecule has 3 nitrogen and oxygen atoms in total. The third-order valence-electron chi connectivity index (χ3n) is 3.22. The fourth-order valence-electron chi connectivity index (χ4n) is 2.45. The molecule has 0 saturated heterocycles. The summed E-state index contributed by atoms with van der Waals surface area (Å²) >= 11 is 0. The zero-order valence-electron chi connectivity index (χ0n) is 9.80. The van der Waals surface area contributed by atoms with Gasteiger partial charge in [-0.1, -0.05) is 18.2 Å². The van der Waals surface area contributed by atoms with Crippen LogP contribution >= 0.6 is 0 Å². The number of nitrogens with zero attached hydrogens (tertiary/aromatic N) is 2. The number of hydrogen-bond acceptors (Lipinski definition) is 3. The highest BCUT2D eigenvalue weighted by Gasteiger charge is 2.27. The predicted octanol–water partition coefficient (Wildman–Crippen LogP) is 2.75. The number of aromatic nitrogens is 1. The van der Waals surface area contributed by atoms with E-state index in [1.54, 1.807) is 6.20 Å². The van der Waals surface area contributed by atoms with Crippen LogP contribution in [0.2, 0.25) is 0 Å². The van der Waals surface area contributed by atoms with Crippen molar-refractivity contribution in [2.24, 2.45) is 0 Å². The van der Waals surface area contributed by atoms with Gasteiger partial charge in [0.05, 0.1) is 11.9 Å². The Kier molecular flexibility index (Phi) is 2.25. The minimum atomic E-state index is 0.448. The van der Waals surface area contributed by atoms with Crippen molar-refractivity contribution in [3.05, 3.63) is 48.2 Å². The van der Waals surface area contributed by atoms with Crippen LogP contribution < -0.4 is 10.6 Å². The molecule has 1 aromatic heterocycles. The van der Waals surface area contributed by atoms with Crippen LogP contribution in [0.15, 0.2) is 42.6 Å². The molecule has 1 aromatic carbocycles. The molecule has 0 amide bonds. The summed E-state index contributed by atoms with van der Waals surface area (Å²) in [6.07, 6.45) is 2.78. The van der Waals surface area contributed by atoms with Crippen molar-refractivity contribution < 1.29 is 0 Å². The summed E-state index contributed by atoms with van der Waals surface area (Å²) in [7, 11) is 0. The third-order valence-corrected chi connectivity index (χ3v) is 3.22. The Labute approximate surface area is 101 Å². The highest BCUT2D eigenvalue weighted by Crippen LogP contribution is 2.36. The van der Waals surface area contributed by atoms with Crippen molar-refractivity contribution >= 4 is 17.2 Å². The lowest BCUT2D eigenvalue weighted by Crippen LogP contribution is -2.24. The zero-order valence-corrected chi connectivity index (χ0v) is 9.80. The number of pyridine rings is 1. The average Bonchev–Trinajstić information content (AvgIpc) is 2.66. The Morgan fingerprint density at radius 3 is 2.82 bits per heavy atom. The van der Waals surface area contributed by atoms with E-state index in [0.717, 1.165) is 12.2 Å². The molecule has 1 unspecified atom stereocenters. The Morgan fingerprint density at radius 1 is 1.24 bits per heavy atom. The summed E-state index contributed by atoms with van der Waals surface area (Å²) in [6, 6.07) is 12.8. The van der Waals surface area contributed by atoms with E-state index < -0.39 is 0 Å². The maximum atomic E-state index is 5.67. The van der Waals surface area contributed by atoms with E-state index in [1.807, 2.05) is 12.1 Å². The van der Waals surface area contributed by atoms with Crippen LogP contribution in [0, 0.1) is 0 Å². The van der Waals surface area contributed by atoms with Crippen LogP contribution in [0.1, 0.15) is 12.5 Å². The van der Waals surface area contributed by atoms with Crippen molar-refractivity contribution in [3.63, 3.8) is 0 Å². The quantitative estimate of drug-likeness (QED) is 0.811. The van der Waals surface area contributed by atoms with Gasteiger partial charge in [-0.25, -0.2) is 4.98 Å². The lowest BCUT2D eigenvalue weighted by Gasteiger charge is -2.23. The van der Waals surface area contributed by atoms with E-state index in [-0.39, 0.29) is 0 Å². The lowest BCUT2D eigenvalue weighted by molar-refractivity contribution is 0.750. The molecule has 86 valence electrons. The number of fused-ring (bicyclic) bond motifs is 1. The van der Waals surface area contributed by atoms with Gasteiger partial charge in [0.25, 0.3) is 0 Å². The van der Waals surface area contributed by atoms with Crippen molar-refractivity contribution in [2.45, 2.75) is 19.4 Å². The van der Waals surface area contributed by atoms with Gasteiger partial charge in [-0.2, -0.15) is 0 Å². The Balaban J connectivity index is 2.06. The van der Waals surface area contributed by atoms with Gasteiger partial charge in [0, 0.05) is 11.7 Å². The van der Waals surface area contributed by atoms with E-state index >= 15 is 0 Å². The highest BCUT2D eigenvalue weighted by molar-refractivity contribution is 5.69. The first-order valence-corrected chi connectivity index (χ1v) is 5.84. The van der Waals surface area contributed by atoms with Crippen LogP contribution in [0.4, 0.5) is 17.2 Å². The van der Waals surface area contributed by atoms with Gasteiger partial charge in [0.1, 0.15) is 5.82 Å². The Bertz CT molecular complexity index is 533. The number of hydrogen-bond donors (Lipinski definition) is 1. The molecule has 0 fully saturated rings. The number of benzene rings is 1. The smallest absolute Gasteiger partial charge is 0.133 e. The first kappa shape index (κ1) is 10.1. The summed E-state index contributed by atoms with van der Waals surface area (Å²) < 4.78 is 0. The molecule has 2 N–H and O–H groups in total. The minimum absolute atomic E-state index is 0.448. The summed E-state index contributed by atoms with van der Waals surface area (Å²) in [4.78, 5) is 6.68. The van der Waals surface area contributed by atoms with E-state index in [4.69, 9.17) is 5.73 Å². The molecule has 1 aliphatic rings.